The van der Waals surface area contributed by atoms with Crippen LogP contribution in [-0.2, 0) is 4.79 Å². The van der Waals surface area contributed by atoms with E-state index >= 15 is 0 Å². The molecule has 0 aromatic rings. The lowest BCUT2D eigenvalue weighted by Crippen LogP contribution is -2.52. The molecule has 1 rings (SSSR count). The molecule has 1 amide bonds. The van der Waals surface area contributed by atoms with Crippen molar-refractivity contribution in [2.45, 2.75) is 52.1 Å². The first-order valence-corrected chi connectivity index (χ1v) is 7.79. The molecular weight excluding hydrogens is 254 g/mol. The van der Waals surface area contributed by atoms with Gasteiger partial charge in [-0.05, 0) is 40.2 Å². The Balaban J connectivity index is 2.50. The molecule has 0 bridgehead atoms. The average Bonchev–Trinajstić information content (AvgIpc) is 2.63. The monoisotopic (exact) mass is 285 g/mol. The van der Waals surface area contributed by atoms with Crippen LogP contribution in [0.3, 0.4) is 0 Å². The predicted octanol–water partition coefficient (Wildman–Crippen LogP) is 0.680. The van der Waals surface area contributed by atoms with Crippen LogP contribution in [0.2, 0.25) is 0 Å². The first kappa shape index (κ1) is 17.4. The highest BCUT2D eigenvalue weighted by Gasteiger charge is 2.27. The molecule has 5 nitrogen and oxygen atoms in total. The van der Waals surface area contributed by atoms with Gasteiger partial charge < -0.3 is 10.4 Å². The molecule has 5 heteroatoms. The third-order valence-corrected chi connectivity index (χ3v) is 4.31. The first-order chi connectivity index (χ1) is 9.39. The van der Waals surface area contributed by atoms with E-state index in [-0.39, 0.29) is 24.1 Å². The number of carbonyl (C=O) groups excluding carboxylic acids is 1. The van der Waals surface area contributed by atoms with E-state index in [0.717, 1.165) is 45.6 Å². The van der Waals surface area contributed by atoms with Gasteiger partial charge in [0.05, 0.1) is 12.6 Å². The molecule has 0 aromatic carbocycles. The van der Waals surface area contributed by atoms with Crippen molar-refractivity contribution in [3.63, 3.8) is 0 Å². The molecular formula is C15H31N3O2. The van der Waals surface area contributed by atoms with E-state index in [1.165, 1.54) is 0 Å². The van der Waals surface area contributed by atoms with Crippen LogP contribution >= 0.6 is 0 Å². The quantitative estimate of drug-likeness (QED) is 0.753. The smallest absolute Gasteiger partial charge is 0.237 e. The lowest BCUT2D eigenvalue weighted by atomic mass is 10.0. The highest BCUT2D eigenvalue weighted by molar-refractivity contribution is 5.82. The predicted molar refractivity (Wildman–Crippen MR) is 81.7 cm³/mol. The van der Waals surface area contributed by atoms with Gasteiger partial charge in [0.1, 0.15) is 0 Å². The number of nitrogens with zero attached hydrogens (tertiary/aromatic N) is 2. The zero-order valence-electron chi connectivity index (χ0n) is 13.5. The van der Waals surface area contributed by atoms with Crippen LogP contribution in [0.1, 0.15) is 40.5 Å². The second kappa shape index (κ2) is 7.96. The number of hydrogen-bond acceptors (Lipinski definition) is 4. The number of β-amino-alcohol motifs (C(OH)–C–C–N with tert-alkyl or cyclic N) is 1. The summed E-state index contributed by atoms with van der Waals surface area (Å²) in [7, 11) is 0. The molecule has 20 heavy (non-hydrogen) atoms. The van der Waals surface area contributed by atoms with Crippen molar-refractivity contribution in [3.8, 4) is 0 Å². The minimum atomic E-state index is -0.139. The number of carbonyl (C=O) groups is 1. The summed E-state index contributed by atoms with van der Waals surface area (Å²) < 4.78 is 0. The second-order valence-electron chi connectivity index (χ2n) is 6.36. The van der Waals surface area contributed by atoms with Crippen LogP contribution in [0.4, 0.5) is 0 Å². The summed E-state index contributed by atoms with van der Waals surface area (Å²) in [6.07, 6.45) is 1.98. The average molecular weight is 285 g/mol. The number of rotatable bonds is 6. The number of aliphatic hydroxyl groups excluding tert-OH is 1. The fourth-order valence-corrected chi connectivity index (χ4v) is 2.44. The van der Waals surface area contributed by atoms with Crippen molar-refractivity contribution in [1.82, 2.24) is 15.1 Å². The molecule has 0 aromatic heterocycles. The first-order valence-electron chi connectivity index (χ1n) is 7.79. The zero-order valence-corrected chi connectivity index (χ0v) is 13.5. The molecule has 1 saturated heterocycles. The molecule has 0 saturated carbocycles. The Morgan fingerprint density at radius 3 is 2.60 bits per heavy atom. The van der Waals surface area contributed by atoms with Crippen LogP contribution in [0, 0.1) is 0 Å². The van der Waals surface area contributed by atoms with Crippen molar-refractivity contribution < 1.29 is 9.90 Å². The molecule has 118 valence electrons. The molecule has 1 unspecified atom stereocenters. The maximum atomic E-state index is 12.3. The van der Waals surface area contributed by atoms with Crippen molar-refractivity contribution in [2.24, 2.45) is 0 Å². The highest BCUT2D eigenvalue weighted by atomic mass is 16.3. The van der Waals surface area contributed by atoms with Gasteiger partial charge in [-0.15, -0.1) is 0 Å². The normalized spacial score (nSPS) is 20.4. The Bertz CT molecular complexity index is 307. The third-order valence-electron chi connectivity index (χ3n) is 4.31. The molecule has 1 heterocycles. The second-order valence-corrected chi connectivity index (χ2v) is 6.36. The van der Waals surface area contributed by atoms with Gasteiger partial charge in [-0.2, -0.15) is 0 Å². The summed E-state index contributed by atoms with van der Waals surface area (Å²) in [6.45, 7) is 12.9. The van der Waals surface area contributed by atoms with Crippen molar-refractivity contribution in [2.75, 3.05) is 39.3 Å². The Morgan fingerprint density at radius 1 is 1.30 bits per heavy atom. The summed E-state index contributed by atoms with van der Waals surface area (Å²) in [5.41, 5.74) is -0.139. The lowest BCUT2D eigenvalue weighted by Gasteiger charge is -2.31. The fourth-order valence-electron chi connectivity index (χ4n) is 2.44. The SMILES string of the molecule is CCC(C)(C)NC(=O)C(C)N1CCCN(CCO)CC1. The number of hydrogen-bond donors (Lipinski definition) is 2. The Labute approximate surface area is 123 Å². The van der Waals surface area contributed by atoms with E-state index in [1.807, 2.05) is 6.92 Å². The standard InChI is InChI=1S/C15H31N3O2/c1-5-15(3,4)16-14(20)13(2)18-8-6-7-17(9-10-18)11-12-19/h13,19H,5-12H2,1-4H3,(H,16,20). The zero-order chi connectivity index (χ0) is 15.2. The summed E-state index contributed by atoms with van der Waals surface area (Å²) >= 11 is 0. The third kappa shape index (κ3) is 5.38. The van der Waals surface area contributed by atoms with Gasteiger partial charge in [-0.1, -0.05) is 6.92 Å². The largest absolute Gasteiger partial charge is 0.395 e. The Morgan fingerprint density at radius 2 is 2.00 bits per heavy atom. The van der Waals surface area contributed by atoms with Gasteiger partial charge in [0.15, 0.2) is 0 Å². The van der Waals surface area contributed by atoms with Gasteiger partial charge in [-0.25, -0.2) is 0 Å². The molecule has 0 aliphatic carbocycles. The molecule has 0 radical (unpaired) electrons. The van der Waals surface area contributed by atoms with Crippen molar-refractivity contribution in [3.05, 3.63) is 0 Å². The van der Waals surface area contributed by atoms with E-state index < -0.39 is 0 Å². The summed E-state index contributed by atoms with van der Waals surface area (Å²) in [5.74, 6) is 0.118. The molecule has 2 N–H and O–H groups in total. The minimum Gasteiger partial charge on any atom is -0.395 e. The van der Waals surface area contributed by atoms with Crippen molar-refractivity contribution in [1.29, 1.82) is 0 Å². The lowest BCUT2D eigenvalue weighted by molar-refractivity contribution is -0.127. The van der Waals surface area contributed by atoms with Crippen LogP contribution in [0.15, 0.2) is 0 Å². The van der Waals surface area contributed by atoms with Crippen LogP contribution < -0.4 is 5.32 Å². The van der Waals surface area contributed by atoms with Gasteiger partial charge >= 0.3 is 0 Å². The van der Waals surface area contributed by atoms with Gasteiger partial charge in [0.25, 0.3) is 0 Å². The summed E-state index contributed by atoms with van der Waals surface area (Å²) in [6, 6.07) is -0.0881. The van der Waals surface area contributed by atoms with Gasteiger partial charge in [0, 0.05) is 31.7 Å². The van der Waals surface area contributed by atoms with Crippen LogP contribution in [0.5, 0.6) is 0 Å². The van der Waals surface area contributed by atoms with Crippen molar-refractivity contribution >= 4 is 5.91 Å². The Hall–Kier alpha value is -0.650. The van der Waals surface area contributed by atoms with E-state index in [4.69, 9.17) is 5.11 Å². The van der Waals surface area contributed by atoms with Crippen LogP contribution in [0.25, 0.3) is 0 Å². The van der Waals surface area contributed by atoms with E-state index in [0.29, 0.717) is 0 Å². The fraction of sp³-hybridized carbons (Fsp3) is 0.933. The number of nitrogens with one attached hydrogen (secondary N) is 1. The topological polar surface area (TPSA) is 55.8 Å². The maximum Gasteiger partial charge on any atom is 0.237 e. The molecule has 1 fully saturated rings. The molecule has 0 spiro atoms. The molecule has 1 aliphatic rings. The van der Waals surface area contributed by atoms with E-state index in [2.05, 4.69) is 35.9 Å². The number of aliphatic hydroxyl groups is 1. The van der Waals surface area contributed by atoms with E-state index in [9.17, 15) is 4.79 Å². The Kier molecular flexibility index (Phi) is 6.92. The van der Waals surface area contributed by atoms with Gasteiger partial charge in [0.2, 0.25) is 5.91 Å². The summed E-state index contributed by atoms with van der Waals surface area (Å²) in [4.78, 5) is 16.8. The van der Waals surface area contributed by atoms with E-state index in [1.54, 1.807) is 0 Å². The molecule has 1 atom stereocenters. The molecule has 1 aliphatic heterocycles. The minimum absolute atomic E-state index is 0.0881. The maximum absolute atomic E-state index is 12.3. The highest BCUT2D eigenvalue weighted by Crippen LogP contribution is 2.11. The van der Waals surface area contributed by atoms with Gasteiger partial charge in [-0.3, -0.25) is 14.6 Å². The van der Waals surface area contributed by atoms with Crippen LogP contribution in [-0.4, -0.2) is 71.7 Å². The number of amides is 1. The summed E-state index contributed by atoms with van der Waals surface area (Å²) in [5, 5.41) is 12.1.